The third-order valence-corrected chi connectivity index (χ3v) is 1.34. The second-order valence-electron chi connectivity index (χ2n) is 2.57. The largest absolute Gasteiger partial charge is 0.389 e. The monoisotopic (exact) mass is 205 g/mol. The molecule has 2 atom stereocenters. The van der Waals surface area contributed by atoms with E-state index in [4.69, 9.17) is 9.84 Å². The minimum atomic E-state index is -0.996. The Morgan fingerprint density at radius 3 is 2.21 bits per heavy atom. The van der Waals surface area contributed by atoms with Gasteiger partial charge in [-0.25, -0.2) is 0 Å². The Bertz CT molecular complexity index is 188. The van der Waals surface area contributed by atoms with Gasteiger partial charge in [0.1, 0.15) is 25.2 Å². The Morgan fingerprint density at radius 1 is 1.07 bits per heavy atom. The zero-order chi connectivity index (χ0) is 10.8. The average Bonchev–Trinajstić information content (AvgIpc) is 2.17. The molecule has 0 saturated heterocycles. The summed E-state index contributed by atoms with van der Waals surface area (Å²) in [5, 5.41) is 16.5. The molecule has 0 aromatic rings. The van der Waals surface area contributed by atoms with Crippen molar-refractivity contribution >= 4 is 0 Å². The van der Waals surface area contributed by atoms with Crippen LogP contribution in [0.2, 0.25) is 0 Å². The Kier molecular flexibility index (Phi) is 7.56. The van der Waals surface area contributed by atoms with Crippen molar-refractivity contribution in [2.45, 2.75) is 12.1 Å². The first-order valence-electron chi connectivity index (χ1n) is 3.91. The molecule has 0 spiro atoms. The van der Waals surface area contributed by atoms with E-state index in [2.05, 4.69) is 15.5 Å². The highest BCUT2D eigenvalue weighted by Crippen LogP contribution is 1.95. The van der Waals surface area contributed by atoms with Crippen LogP contribution in [0.4, 0.5) is 0 Å². The number of ether oxygens (including phenoxy) is 1. The molecule has 0 aromatic carbocycles. The van der Waals surface area contributed by atoms with Gasteiger partial charge in [0.25, 0.3) is 0 Å². The second-order valence-corrected chi connectivity index (χ2v) is 2.57. The summed E-state index contributed by atoms with van der Waals surface area (Å²) in [5.74, 6) is 0. The van der Waals surface area contributed by atoms with Gasteiger partial charge in [0.05, 0.1) is 13.2 Å². The zero-order valence-corrected chi connectivity index (χ0v) is 7.40. The van der Waals surface area contributed by atoms with Gasteiger partial charge >= 0.3 is 0 Å². The van der Waals surface area contributed by atoms with E-state index in [0.29, 0.717) is 0 Å². The van der Waals surface area contributed by atoms with E-state index in [1.807, 2.05) is 0 Å². The van der Waals surface area contributed by atoms with Crippen LogP contribution in [-0.2, 0) is 4.74 Å². The van der Waals surface area contributed by atoms with Crippen LogP contribution in [0.1, 0.15) is 0 Å². The molecule has 0 bridgehead atoms. The number of aliphatic hydroxyl groups excluding tert-OH is 1. The van der Waals surface area contributed by atoms with Crippen LogP contribution in [0.3, 0.4) is 0 Å². The van der Waals surface area contributed by atoms with Gasteiger partial charge in [-0.05, 0) is 0 Å². The zero-order valence-electron chi connectivity index (χ0n) is 7.40. The first-order chi connectivity index (χ1) is 6.74. The lowest BCUT2D eigenvalue weighted by molar-refractivity contribution is 0.0365. The maximum Gasteiger partial charge on any atom is 0.138 e. The minimum absolute atomic E-state index is 0.106. The Morgan fingerprint density at radius 2 is 1.71 bits per heavy atom. The number of nitroso groups, excluding NO2 is 3. The fourth-order valence-electron chi connectivity index (χ4n) is 0.681. The predicted molar refractivity (Wildman–Crippen MR) is 47.7 cm³/mol. The first kappa shape index (κ1) is 12.7. The van der Waals surface area contributed by atoms with Crippen molar-refractivity contribution in [3.05, 3.63) is 14.7 Å². The van der Waals surface area contributed by atoms with E-state index < -0.39 is 12.1 Å². The van der Waals surface area contributed by atoms with Crippen molar-refractivity contribution in [3.8, 4) is 0 Å². The third-order valence-electron chi connectivity index (χ3n) is 1.34. The lowest BCUT2D eigenvalue weighted by Crippen LogP contribution is -2.23. The molecule has 0 amide bonds. The summed E-state index contributed by atoms with van der Waals surface area (Å²) in [5.41, 5.74) is 0. The van der Waals surface area contributed by atoms with Gasteiger partial charge in [0.15, 0.2) is 0 Å². The highest BCUT2D eigenvalue weighted by molar-refractivity contribution is 4.67. The summed E-state index contributed by atoms with van der Waals surface area (Å²) in [4.78, 5) is 29.5. The molecule has 8 heteroatoms. The van der Waals surface area contributed by atoms with E-state index >= 15 is 0 Å². The average molecular weight is 205 g/mol. The smallest absolute Gasteiger partial charge is 0.138 e. The SMILES string of the molecule is O=NCC(O)COCC(CN=O)N=O. The van der Waals surface area contributed by atoms with Crippen molar-refractivity contribution in [2.75, 3.05) is 26.3 Å². The molecular weight excluding hydrogens is 194 g/mol. The van der Waals surface area contributed by atoms with Crippen LogP contribution in [0.15, 0.2) is 15.5 Å². The summed E-state index contributed by atoms with van der Waals surface area (Å²) in [6, 6.07) is -0.844. The molecule has 1 N–H and O–H groups in total. The molecule has 0 fully saturated rings. The van der Waals surface area contributed by atoms with Crippen LogP contribution in [-0.4, -0.2) is 43.6 Å². The van der Waals surface area contributed by atoms with Crippen LogP contribution in [0.25, 0.3) is 0 Å². The summed E-state index contributed by atoms with van der Waals surface area (Å²) in [6.45, 7) is -0.765. The van der Waals surface area contributed by atoms with Crippen molar-refractivity contribution in [3.63, 3.8) is 0 Å². The summed E-state index contributed by atoms with van der Waals surface area (Å²) >= 11 is 0. The van der Waals surface area contributed by atoms with Crippen LogP contribution >= 0.6 is 0 Å². The molecule has 0 aliphatic carbocycles. The molecule has 80 valence electrons. The number of rotatable bonds is 9. The quantitative estimate of drug-likeness (QED) is 0.533. The molecule has 0 aliphatic rings. The first-order valence-corrected chi connectivity index (χ1v) is 3.91. The molecule has 0 aromatic heterocycles. The number of aliphatic hydroxyl groups is 1. The van der Waals surface area contributed by atoms with E-state index in [1.54, 1.807) is 0 Å². The Labute approximate surface area is 79.6 Å². The molecule has 0 aliphatic heterocycles. The fourth-order valence-corrected chi connectivity index (χ4v) is 0.681. The van der Waals surface area contributed by atoms with Crippen molar-refractivity contribution < 1.29 is 9.84 Å². The Hall–Kier alpha value is -1.28. The highest BCUT2D eigenvalue weighted by atomic mass is 16.5. The second kappa shape index (κ2) is 8.32. The molecule has 0 saturated carbocycles. The van der Waals surface area contributed by atoms with Crippen molar-refractivity contribution in [1.29, 1.82) is 0 Å². The number of nitrogens with zero attached hydrogens (tertiary/aromatic N) is 3. The predicted octanol–water partition coefficient (Wildman–Crippen LogP) is 0.0317. The van der Waals surface area contributed by atoms with E-state index in [9.17, 15) is 14.7 Å². The lowest BCUT2D eigenvalue weighted by Gasteiger charge is -2.08. The van der Waals surface area contributed by atoms with E-state index in [-0.39, 0.29) is 26.3 Å². The maximum absolute atomic E-state index is 10.0. The fraction of sp³-hybridized carbons (Fsp3) is 1.00. The molecule has 0 heterocycles. The van der Waals surface area contributed by atoms with Gasteiger partial charge in [-0.1, -0.05) is 15.5 Å². The molecular formula is C6H11N3O5. The lowest BCUT2D eigenvalue weighted by atomic mass is 10.3. The maximum atomic E-state index is 10.0. The molecule has 0 rings (SSSR count). The summed E-state index contributed by atoms with van der Waals surface area (Å²) in [7, 11) is 0. The van der Waals surface area contributed by atoms with Crippen molar-refractivity contribution in [1.82, 2.24) is 0 Å². The van der Waals surface area contributed by atoms with Crippen LogP contribution in [0.5, 0.6) is 0 Å². The number of hydrogen-bond acceptors (Lipinski definition) is 8. The van der Waals surface area contributed by atoms with Gasteiger partial charge < -0.3 is 9.84 Å². The topological polar surface area (TPSA) is 118 Å². The Balaban J connectivity index is 3.54. The van der Waals surface area contributed by atoms with Crippen molar-refractivity contribution in [2.24, 2.45) is 15.5 Å². The normalized spacial score (nSPS) is 14.4. The number of hydrogen-bond donors (Lipinski definition) is 1. The van der Waals surface area contributed by atoms with Gasteiger partial charge in [-0.2, -0.15) is 14.7 Å². The molecule has 8 nitrogen and oxygen atoms in total. The molecule has 0 radical (unpaired) electrons. The van der Waals surface area contributed by atoms with Crippen LogP contribution in [0, 0.1) is 14.7 Å². The van der Waals surface area contributed by atoms with Gasteiger partial charge in [-0.15, -0.1) is 0 Å². The third kappa shape index (κ3) is 6.26. The minimum Gasteiger partial charge on any atom is -0.389 e. The van der Waals surface area contributed by atoms with Gasteiger partial charge in [-0.3, -0.25) is 0 Å². The summed E-state index contributed by atoms with van der Waals surface area (Å²) in [6.07, 6.45) is -0.996. The molecule has 2 unspecified atom stereocenters. The highest BCUT2D eigenvalue weighted by Gasteiger charge is 2.10. The van der Waals surface area contributed by atoms with Crippen LogP contribution < -0.4 is 0 Å². The standard InChI is InChI=1S/C6H11N3O5/c10-6(2-8-12)4-14-3-5(9-13)1-7-11/h5-6,10H,1-4H2. The van der Waals surface area contributed by atoms with E-state index in [1.165, 1.54) is 0 Å². The van der Waals surface area contributed by atoms with E-state index in [0.717, 1.165) is 0 Å². The van der Waals surface area contributed by atoms with Gasteiger partial charge in [0, 0.05) is 0 Å². The summed E-state index contributed by atoms with van der Waals surface area (Å²) < 4.78 is 4.81. The van der Waals surface area contributed by atoms with Gasteiger partial charge in [0.2, 0.25) is 0 Å². The molecule has 14 heavy (non-hydrogen) atoms.